The molecular weight excluding hydrogens is 286 g/mol. The van der Waals surface area contributed by atoms with Gasteiger partial charge in [0.2, 0.25) is 4.96 Å². The minimum atomic E-state index is -0.931. The molecule has 1 N–H and O–H groups in total. The molecule has 0 aliphatic heterocycles. The average molecular weight is 294 g/mol. The smallest absolute Gasteiger partial charge is 0.261 e. The number of hydrogen-bond acceptors (Lipinski definition) is 4. The molecule has 0 fully saturated rings. The number of benzene rings is 1. The van der Waals surface area contributed by atoms with Crippen molar-refractivity contribution in [2.75, 3.05) is 5.32 Å². The molecule has 1 amide bonds. The Morgan fingerprint density at radius 3 is 2.90 bits per heavy atom. The lowest BCUT2D eigenvalue weighted by Gasteiger charge is -2.02. The number of thiazole rings is 1. The molecule has 0 saturated carbocycles. The van der Waals surface area contributed by atoms with Crippen molar-refractivity contribution >= 4 is 28.2 Å². The molecule has 1 aromatic carbocycles. The van der Waals surface area contributed by atoms with Gasteiger partial charge >= 0.3 is 0 Å². The second-order valence-electron chi connectivity index (χ2n) is 4.09. The van der Waals surface area contributed by atoms with Crippen LogP contribution in [0.15, 0.2) is 23.6 Å². The van der Waals surface area contributed by atoms with Crippen molar-refractivity contribution in [3.63, 3.8) is 0 Å². The van der Waals surface area contributed by atoms with E-state index in [4.69, 9.17) is 0 Å². The number of amides is 1. The fraction of sp³-hybridized carbons (Fsp3) is 0.0833. The number of carbonyl (C=O) groups is 1. The van der Waals surface area contributed by atoms with Crippen molar-refractivity contribution < 1.29 is 13.6 Å². The minimum Gasteiger partial charge on any atom is -0.289 e. The zero-order valence-electron chi connectivity index (χ0n) is 10.2. The van der Waals surface area contributed by atoms with Crippen LogP contribution in [0.3, 0.4) is 0 Å². The zero-order chi connectivity index (χ0) is 14.3. The molecule has 5 nitrogen and oxygen atoms in total. The highest BCUT2D eigenvalue weighted by atomic mass is 32.1. The largest absolute Gasteiger partial charge is 0.289 e. The van der Waals surface area contributed by atoms with Gasteiger partial charge in [-0.3, -0.25) is 10.1 Å². The van der Waals surface area contributed by atoms with E-state index in [9.17, 15) is 13.6 Å². The molecule has 0 aliphatic rings. The molecule has 20 heavy (non-hydrogen) atoms. The molecule has 3 aromatic rings. The van der Waals surface area contributed by atoms with E-state index in [1.54, 1.807) is 4.52 Å². The maximum absolute atomic E-state index is 13.5. The summed E-state index contributed by atoms with van der Waals surface area (Å²) in [7, 11) is 0. The molecule has 0 bridgehead atoms. The highest BCUT2D eigenvalue weighted by molar-refractivity contribution is 7.15. The topological polar surface area (TPSA) is 59.3 Å². The Labute approximate surface area is 115 Å². The lowest BCUT2D eigenvalue weighted by Crippen LogP contribution is -2.15. The number of hydrogen-bond donors (Lipinski definition) is 1. The first-order valence-corrected chi connectivity index (χ1v) is 6.50. The summed E-state index contributed by atoms with van der Waals surface area (Å²) >= 11 is 1.38. The van der Waals surface area contributed by atoms with Crippen LogP contribution in [-0.2, 0) is 0 Å². The fourth-order valence-corrected chi connectivity index (χ4v) is 2.49. The summed E-state index contributed by atoms with van der Waals surface area (Å²) < 4.78 is 27.8. The van der Waals surface area contributed by atoms with E-state index in [-0.39, 0.29) is 11.5 Å². The Balaban J connectivity index is 1.88. The van der Waals surface area contributed by atoms with Gasteiger partial charge in [-0.25, -0.2) is 13.3 Å². The molecule has 3 rings (SSSR count). The van der Waals surface area contributed by atoms with E-state index in [1.807, 2.05) is 12.3 Å². The summed E-state index contributed by atoms with van der Waals surface area (Å²) in [6.45, 7) is 1.85. The van der Waals surface area contributed by atoms with Crippen molar-refractivity contribution in [3.8, 4) is 0 Å². The van der Waals surface area contributed by atoms with Crippen LogP contribution >= 0.6 is 11.3 Å². The second-order valence-corrected chi connectivity index (χ2v) is 4.92. The lowest BCUT2D eigenvalue weighted by molar-refractivity contribution is 0.102. The van der Waals surface area contributed by atoms with Gasteiger partial charge in [-0.1, -0.05) is 0 Å². The van der Waals surface area contributed by atoms with E-state index in [1.165, 1.54) is 11.3 Å². The van der Waals surface area contributed by atoms with Gasteiger partial charge in [-0.2, -0.15) is 4.98 Å². The molecule has 0 radical (unpaired) electrons. The van der Waals surface area contributed by atoms with Gasteiger partial charge in [0.15, 0.2) is 0 Å². The van der Waals surface area contributed by atoms with E-state index >= 15 is 0 Å². The van der Waals surface area contributed by atoms with Crippen LogP contribution in [0.2, 0.25) is 0 Å². The Morgan fingerprint density at radius 1 is 1.40 bits per heavy atom. The van der Waals surface area contributed by atoms with Gasteiger partial charge in [0.1, 0.15) is 11.6 Å². The number of anilines is 1. The standard InChI is InChI=1S/C12H8F2N4OS/c1-6-5-20-12-16-11(17-18(6)12)15-10(19)8-3-2-7(13)4-9(8)14/h2-5H,1H3,(H,15,17,19). The van der Waals surface area contributed by atoms with Crippen molar-refractivity contribution in [2.24, 2.45) is 0 Å². The number of halogens is 2. The zero-order valence-corrected chi connectivity index (χ0v) is 11.0. The van der Waals surface area contributed by atoms with Crippen molar-refractivity contribution in [1.29, 1.82) is 0 Å². The third-order valence-corrected chi connectivity index (χ3v) is 3.58. The van der Waals surface area contributed by atoms with Gasteiger partial charge in [0.05, 0.1) is 11.3 Å². The molecule has 0 unspecified atom stereocenters. The quantitative estimate of drug-likeness (QED) is 0.790. The van der Waals surface area contributed by atoms with Gasteiger partial charge in [0.25, 0.3) is 11.9 Å². The van der Waals surface area contributed by atoms with Crippen LogP contribution < -0.4 is 5.32 Å². The van der Waals surface area contributed by atoms with Gasteiger partial charge in [-0.15, -0.1) is 16.4 Å². The molecule has 0 aliphatic carbocycles. The number of aromatic nitrogens is 3. The first kappa shape index (κ1) is 12.7. The Kier molecular flexibility index (Phi) is 2.94. The number of nitrogens with zero attached hydrogens (tertiary/aromatic N) is 3. The molecule has 0 atom stereocenters. The van der Waals surface area contributed by atoms with Gasteiger partial charge in [-0.05, 0) is 19.1 Å². The number of nitrogens with one attached hydrogen (secondary N) is 1. The predicted octanol–water partition coefficient (Wildman–Crippen LogP) is 2.63. The van der Waals surface area contributed by atoms with Crippen LogP contribution in [0, 0.1) is 18.6 Å². The van der Waals surface area contributed by atoms with Crippen molar-refractivity contribution in [3.05, 3.63) is 46.5 Å². The Hall–Kier alpha value is -2.35. The maximum Gasteiger partial charge on any atom is 0.261 e. The maximum atomic E-state index is 13.5. The minimum absolute atomic E-state index is 0.0775. The summed E-state index contributed by atoms with van der Waals surface area (Å²) in [5.41, 5.74) is 0.618. The number of carbonyl (C=O) groups excluding carboxylic acids is 1. The van der Waals surface area contributed by atoms with Crippen LogP contribution in [0.5, 0.6) is 0 Å². The highest BCUT2D eigenvalue weighted by Crippen LogP contribution is 2.16. The Morgan fingerprint density at radius 2 is 2.20 bits per heavy atom. The molecule has 0 spiro atoms. The summed E-state index contributed by atoms with van der Waals surface area (Å²) in [6.07, 6.45) is 0. The number of fused-ring (bicyclic) bond motifs is 1. The predicted molar refractivity (Wildman–Crippen MR) is 69.9 cm³/mol. The molecular formula is C12H8F2N4OS. The third-order valence-electron chi connectivity index (χ3n) is 2.65. The van der Waals surface area contributed by atoms with Crippen LogP contribution in [0.4, 0.5) is 14.7 Å². The van der Waals surface area contributed by atoms with E-state index in [0.717, 1.165) is 17.8 Å². The average Bonchev–Trinajstić information content (AvgIpc) is 2.91. The summed E-state index contributed by atoms with van der Waals surface area (Å²) in [6, 6.07) is 2.74. The van der Waals surface area contributed by atoms with Crippen molar-refractivity contribution in [2.45, 2.75) is 6.92 Å². The fourth-order valence-electron chi connectivity index (χ4n) is 1.69. The van der Waals surface area contributed by atoms with E-state index < -0.39 is 17.5 Å². The SMILES string of the molecule is Cc1csc2nc(NC(=O)c3ccc(F)cc3F)nn12. The number of aryl methyl sites for hydroxylation is 1. The first-order valence-electron chi connectivity index (χ1n) is 5.62. The highest BCUT2D eigenvalue weighted by Gasteiger charge is 2.15. The van der Waals surface area contributed by atoms with E-state index in [2.05, 4.69) is 15.4 Å². The van der Waals surface area contributed by atoms with Gasteiger partial charge < -0.3 is 0 Å². The van der Waals surface area contributed by atoms with Gasteiger partial charge in [0, 0.05) is 11.4 Å². The van der Waals surface area contributed by atoms with Crippen LogP contribution in [0.25, 0.3) is 4.96 Å². The van der Waals surface area contributed by atoms with E-state index in [0.29, 0.717) is 11.0 Å². The first-order chi connectivity index (χ1) is 9.54. The summed E-state index contributed by atoms with van der Waals surface area (Å²) in [5, 5.41) is 8.33. The third kappa shape index (κ3) is 2.14. The van der Waals surface area contributed by atoms with Crippen LogP contribution in [0.1, 0.15) is 16.1 Å². The lowest BCUT2D eigenvalue weighted by atomic mass is 10.2. The normalized spacial score (nSPS) is 10.9. The monoisotopic (exact) mass is 294 g/mol. The second kappa shape index (κ2) is 4.64. The summed E-state index contributed by atoms with van der Waals surface area (Å²) in [4.78, 5) is 16.6. The molecule has 0 saturated heterocycles. The Bertz CT molecular complexity index is 811. The molecule has 8 heteroatoms. The number of rotatable bonds is 2. The van der Waals surface area contributed by atoms with Crippen LogP contribution in [-0.4, -0.2) is 20.5 Å². The molecule has 2 heterocycles. The molecule has 2 aromatic heterocycles. The molecule has 102 valence electrons. The summed E-state index contributed by atoms with van der Waals surface area (Å²) in [5.74, 6) is -2.32. The van der Waals surface area contributed by atoms with Crippen molar-refractivity contribution in [1.82, 2.24) is 14.6 Å².